The summed E-state index contributed by atoms with van der Waals surface area (Å²) in [5, 5.41) is 19.1. The van der Waals surface area contributed by atoms with Crippen LogP contribution < -0.4 is 15.4 Å². The first kappa shape index (κ1) is 15.8. The number of anilines is 1. The van der Waals surface area contributed by atoms with Crippen molar-refractivity contribution in [3.05, 3.63) is 42.7 Å². The van der Waals surface area contributed by atoms with Gasteiger partial charge < -0.3 is 20.5 Å². The first-order valence-electron chi connectivity index (χ1n) is 7.10. The zero-order valence-corrected chi connectivity index (χ0v) is 12.4. The minimum Gasteiger partial charge on any atom is -0.491 e. The molecular formula is C15H20N4O3. The number of hydrogen-bond acceptors (Lipinski definition) is 4. The van der Waals surface area contributed by atoms with Crippen LogP contribution in [0.2, 0.25) is 0 Å². The van der Waals surface area contributed by atoms with E-state index in [1.807, 2.05) is 25.1 Å². The molecule has 1 atom stereocenters. The summed E-state index contributed by atoms with van der Waals surface area (Å²) < 4.78 is 7.11. The van der Waals surface area contributed by atoms with Gasteiger partial charge in [-0.15, -0.1) is 0 Å². The van der Waals surface area contributed by atoms with Crippen LogP contribution in [-0.2, 0) is 6.54 Å². The first-order chi connectivity index (χ1) is 10.7. The minimum atomic E-state index is -0.788. The van der Waals surface area contributed by atoms with Crippen LogP contribution in [0.5, 0.6) is 5.75 Å². The summed E-state index contributed by atoms with van der Waals surface area (Å²) in [6.45, 7) is 2.90. The third kappa shape index (κ3) is 5.10. The van der Waals surface area contributed by atoms with E-state index in [9.17, 15) is 9.90 Å². The number of aliphatic hydroxyl groups excluding tert-OH is 1. The van der Waals surface area contributed by atoms with Gasteiger partial charge in [0.15, 0.2) is 0 Å². The summed E-state index contributed by atoms with van der Waals surface area (Å²) in [5.41, 5.74) is 0.606. The van der Waals surface area contributed by atoms with E-state index in [-0.39, 0.29) is 13.2 Å². The number of carbonyl (C=O) groups excluding carboxylic acids is 1. The van der Waals surface area contributed by atoms with Gasteiger partial charge >= 0.3 is 6.03 Å². The second-order valence-electron chi connectivity index (χ2n) is 4.70. The number of urea groups is 1. The van der Waals surface area contributed by atoms with Gasteiger partial charge in [0, 0.05) is 19.3 Å². The molecule has 0 saturated heterocycles. The van der Waals surface area contributed by atoms with Crippen molar-refractivity contribution in [1.29, 1.82) is 0 Å². The van der Waals surface area contributed by atoms with Crippen molar-refractivity contribution in [2.75, 3.05) is 18.5 Å². The van der Waals surface area contributed by atoms with Crippen LogP contribution in [0.3, 0.4) is 0 Å². The monoisotopic (exact) mass is 304 g/mol. The number of amides is 2. The van der Waals surface area contributed by atoms with Gasteiger partial charge in [0.25, 0.3) is 0 Å². The third-order valence-electron chi connectivity index (χ3n) is 2.90. The van der Waals surface area contributed by atoms with Crippen molar-refractivity contribution in [3.8, 4) is 5.75 Å². The Balaban J connectivity index is 1.67. The van der Waals surface area contributed by atoms with Gasteiger partial charge in [-0.1, -0.05) is 18.2 Å². The molecule has 2 aromatic rings. The van der Waals surface area contributed by atoms with E-state index in [1.54, 1.807) is 29.2 Å². The van der Waals surface area contributed by atoms with Gasteiger partial charge in [0.05, 0.1) is 11.9 Å². The Morgan fingerprint density at radius 1 is 1.41 bits per heavy atom. The number of carbonyl (C=O) groups is 1. The SMILES string of the molecule is CCn1cc(NC(=O)NC[C@H](O)COc2ccccc2)cn1. The average Bonchev–Trinajstić information content (AvgIpc) is 2.99. The molecule has 1 aromatic carbocycles. The highest BCUT2D eigenvalue weighted by Crippen LogP contribution is 2.08. The van der Waals surface area contributed by atoms with E-state index >= 15 is 0 Å². The fraction of sp³-hybridized carbons (Fsp3) is 0.333. The number of benzene rings is 1. The van der Waals surface area contributed by atoms with E-state index in [4.69, 9.17) is 4.74 Å². The van der Waals surface area contributed by atoms with Crippen molar-refractivity contribution in [3.63, 3.8) is 0 Å². The second-order valence-corrected chi connectivity index (χ2v) is 4.70. The van der Waals surface area contributed by atoms with E-state index in [2.05, 4.69) is 15.7 Å². The van der Waals surface area contributed by atoms with Crippen LogP contribution in [0.25, 0.3) is 0 Å². The molecule has 7 nitrogen and oxygen atoms in total. The normalized spacial score (nSPS) is 11.7. The molecule has 0 aliphatic rings. The predicted molar refractivity (Wildman–Crippen MR) is 82.9 cm³/mol. The topological polar surface area (TPSA) is 88.4 Å². The second kappa shape index (κ2) is 8.04. The Morgan fingerprint density at radius 3 is 2.86 bits per heavy atom. The van der Waals surface area contributed by atoms with Crippen molar-refractivity contribution in [2.45, 2.75) is 19.6 Å². The highest BCUT2D eigenvalue weighted by atomic mass is 16.5. The molecule has 0 aliphatic heterocycles. The predicted octanol–water partition coefficient (Wildman–Crippen LogP) is 1.46. The lowest BCUT2D eigenvalue weighted by molar-refractivity contribution is 0.108. The van der Waals surface area contributed by atoms with Crippen LogP contribution in [0, 0.1) is 0 Å². The van der Waals surface area contributed by atoms with Crippen LogP contribution >= 0.6 is 0 Å². The van der Waals surface area contributed by atoms with Crippen LogP contribution in [0.15, 0.2) is 42.7 Å². The van der Waals surface area contributed by atoms with Gasteiger partial charge in [-0.05, 0) is 19.1 Å². The number of ether oxygens (including phenoxy) is 1. The Labute approximate surface area is 128 Å². The van der Waals surface area contributed by atoms with Gasteiger partial charge in [-0.3, -0.25) is 4.68 Å². The molecule has 0 radical (unpaired) electrons. The summed E-state index contributed by atoms with van der Waals surface area (Å²) >= 11 is 0. The largest absolute Gasteiger partial charge is 0.491 e. The average molecular weight is 304 g/mol. The van der Waals surface area contributed by atoms with Gasteiger partial charge in [-0.25, -0.2) is 4.79 Å². The number of aliphatic hydroxyl groups is 1. The summed E-state index contributed by atoms with van der Waals surface area (Å²) in [6, 6.07) is 8.80. The van der Waals surface area contributed by atoms with E-state index < -0.39 is 12.1 Å². The molecule has 0 spiro atoms. The lowest BCUT2D eigenvalue weighted by Crippen LogP contribution is -2.37. The maximum atomic E-state index is 11.7. The van der Waals surface area contributed by atoms with Gasteiger partial charge in [0.1, 0.15) is 18.5 Å². The molecule has 7 heteroatoms. The molecule has 2 amide bonds. The zero-order valence-electron chi connectivity index (χ0n) is 12.4. The first-order valence-corrected chi connectivity index (χ1v) is 7.10. The Bertz CT molecular complexity index is 585. The number of nitrogens with one attached hydrogen (secondary N) is 2. The van der Waals surface area contributed by atoms with Crippen LogP contribution in [-0.4, -0.2) is 40.2 Å². The van der Waals surface area contributed by atoms with Crippen molar-refractivity contribution < 1.29 is 14.6 Å². The Morgan fingerprint density at radius 2 is 2.18 bits per heavy atom. The van der Waals surface area contributed by atoms with Crippen molar-refractivity contribution in [2.24, 2.45) is 0 Å². The molecule has 0 unspecified atom stereocenters. The molecule has 1 aromatic heterocycles. The van der Waals surface area contributed by atoms with E-state index in [0.29, 0.717) is 11.4 Å². The molecular weight excluding hydrogens is 284 g/mol. The smallest absolute Gasteiger partial charge is 0.319 e. The van der Waals surface area contributed by atoms with Crippen LogP contribution in [0.4, 0.5) is 10.5 Å². The summed E-state index contributed by atoms with van der Waals surface area (Å²) in [6.07, 6.45) is 2.51. The van der Waals surface area contributed by atoms with Crippen molar-refractivity contribution in [1.82, 2.24) is 15.1 Å². The van der Waals surface area contributed by atoms with Gasteiger partial charge in [0.2, 0.25) is 0 Å². The lowest BCUT2D eigenvalue weighted by atomic mass is 10.3. The molecule has 0 fully saturated rings. The van der Waals surface area contributed by atoms with E-state index in [1.165, 1.54) is 0 Å². The molecule has 22 heavy (non-hydrogen) atoms. The zero-order chi connectivity index (χ0) is 15.8. The summed E-state index contributed by atoms with van der Waals surface area (Å²) in [5.74, 6) is 0.679. The number of nitrogens with zero attached hydrogens (tertiary/aromatic N) is 2. The fourth-order valence-corrected chi connectivity index (χ4v) is 1.75. The number of rotatable bonds is 7. The Hall–Kier alpha value is -2.54. The number of aryl methyl sites for hydroxylation is 1. The van der Waals surface area contributed by atoms with Crippen molar-refractivity contribution >= 4 is 11.7 Å². The summed E-state index contributed by atoms with van der Waals surface area (Å²) in [7, 11) is 0. The fourth-order valence-electron chi connectivity index (χ4n) is 1.75. The molecule has 0 saturated carbocycles. The van der Waals surface area contributed by atoms with E-state index in [0.717, 1.165) is 6.54 Å². The maximum absolute atomic E-state index is 11.7. The Kier molecular flexibility index (Phi) is 5.79. The quantitative estimate of drug-likeness (QED) is 0.722. The molecule has 2 rings (SSSR count). The highest BCUT2D eigenvalue weighted by Gasteiger charge is 2.09. The molecule has 1 heterocycles. The number of hydrogen-bond donors (Lipinski definition) is 3. The number of para-hydroxylation sites is 1. The number of aromatic nitrogens is 2. The molecule has 3 N–H and O–H groups in total. The molecule has 0 aliphatic carbocycles. The molecule has 118 valence electrons. The lowest BCUT2D eigenvalue weighted by Gasteiger charge is -2.13. The highest BCUT2D eigenvalue weighted by molar-refractivity contribution is 5.88. The van der Waals surface area contributed by atoms with Gasteiger partial charge in [-0.2, -0.15) is 5.10 Å². The third-order valence-corrected chi connectivity index (χ3v) is 2.90. The summed E-state index contributed by atoms with van der Waals surface area (Å²) in [4.78, 5) is 11.7. The maximum Gasteiger partial charge on any atom is 0.319 e. The standard InChI is InChI=1S/C15H20N4O3/c1-2-19-10-12(8-17-19)18-15(21)16-9-13(20)11-22-14-6-4-3-5-7-14/h3-8,10,13,20H,2,9,11H2,1H3,(H2,16,18,21)/t13-/m0/s1. The minimum absolute atomic E-state index is 0.0978. The molecule has 0 bridgehead atoms. The van der Waals surface area contributed by atoms with Crippen LogP contribution in [0.1, 0.15) is 6.92 Å².